The standard InChI is InChI=1S/C27H37ClN4O4/c1-15(2)11-21(31-24(34)20-12-18-9-7-8-10-19(18)30-20)26(36)32-14-16(3)27(5,6)23(32)25(35)29-17(4)22(33)13-28/h7-10,12,15-17,21,23,30H,11,13-14H2,1-6H3,(H,29,35)(H,31,34)/t16-,17?,21+,23-/m1/s1. The minimum absolute atomic E-state index is 0.0281. The second-order valence-corrected chi connectivity index (χ2v) is 11.1. The van der Waals surface area contributed by atoms with Gasteiger partial charge in [0.15, 0.2) is 5.78 Å². The van der Waals surface area contributed by atoms with Crippen molar-refractivity contribution in [2.45, 2.75) is 66.1 Å². The lowest BCUT2D eigenvalue weighted by atomic mass is 9.77. The molecule has 0 saturated carbocycles. The fraction of sp³-hybridized carbons (Fsp3) is 0.556. The Hall–Kier alpha value is -2.87. The molecule has 8 nitrogen and oxygen atoms in total. The summed E-state index contributed by atoms with van der Waals surface area (Å²) in [5, 5.41) is 6.55. The van der Waals surface area contributed by atoms with Crippen LogP contribution in [0.5, 0.6) is 0 Å². The maximum absolute atomic E-state index is 13.9. The van der Waals surface area contributed by atoms with E-state index in [1.165, 1.54) is 0 Å². The number of H-pyrrole nitrogens is 1. The van der Waals surface area contributed by atoms with E-state index in [1.807, 2.05) is 58.9 Å². The van der Waals surface area contributed by atoms with Gasteiger partial charge in [-0.2, -0.15) is 0 Å². The number of aromatic nitrogens is 1. The third-order valence-corrected chi connectivity index (χ3v) is 7.61. The molecule has 0 radical (unpaired) electrons. The van der Waals surface area contributed by atoms with E-state index in [0.717, 1.165) is 10.9 Å². The number of amides is 3. The Kier molecular flexibility index (Phi) is 8.49. The van der Waals surface area contributed by atoms with Crippen LogP contribution in [0.15, 0.2) is 30.3 Å². The van der Waals surface area contributed by atoms with Crippen molar-refractivity contribution in [2.75, 3.05) is 12.4 Å². The van der Waals surface area contributed by atoms with Crippen molar-refractivity contribution in [3.05, 3.63) is 36.0 Å². The second kappa shape index (κ2) is 11.0. The van der Waals surface area contributed by atoms with Crippen LogP contribution in [-0.4, -0.2) is 63.9 Å². The third-order valence-electron chi connectivity index (χ3n) is 7.35. The van der Waals surface area contributed by atoms with E-state index in [1.54, 1.807) is 17.9 Å². The monoisotopic (exact) mass is 516 g/mol. The van der Waals surface area contributed by atoms with Crippen LogP contribution in [0.1, 0.15) is 58.5 Å². The lowest BCUT2D eigenvalue weighted by Gasteiger charge is -2.35. The number of fused-ring (bicyclic) bond motifs is 1. The average Bonchev–Trinajstić information content (AvgIpc) is 3.35. The zero-order chi connectivity index (χ0) is 26.8. The first-order chi connectivity index (χ1) is 16.9. The van der Waals surface area contributed by atoms with E-state index in [2.05, 4.69) is 15.6 Å². The van der Waals surface area contributed by atoms with Crippen LogP contribution in [0, 0.1) is 17.3 Å². The van der Waals surface area contributed by atoms with Crippen molar-refractivity contribution in [3.8, 4) is 0 Å². The molecule has 36 heavy (non-hydrogen) atoms. The predicted octanol–water partition coefficient (Wildman–Crippen LogP) is 3.50. The Bertz CT molecular complexity index is 1110. The fourth-order valence-corrected chi connectivity index (χ4v) is 5.05. The lowest BCUT2D eigenvalue weighted by molar-refractivity contribution is -0.142. The summed E-state index contributed by atoms with van der Waals surface area (Å²) in [6.07, 6.45) is 0.422. The maximum atomic E-state index is 13.9. The highest BCUT2D eigenvalue weighted by atomic mass is 35.5. The fourth-order valence-electron chi connectivity index (χ4n) is 4.82. The second-order valence-electron chi connectivity index (χ2n) is 10.9. The molecule has 3 N–H and O–H groups in total. The number of hydrogen-bond acceptors (Lipinski definition) is 4. The molecule has 9 heteroatoms. The van der Waals surface area contributed by atoms with Crippen LogP contribution in [0.2, 0.25) is 0 Å². The van der Waals surface area contributed by atoms with E-state index in [4.69, 9.17) is 11.6 Å². The number of para-hydroxylation sites is 1. The van der Waals surface area contributed by atoms with Gasteiger partial charge in [-0.1, -0.05) is 52.8 Å². The molecule has 1 aromatic heterocycles. The smallest absolute Gasteiger partial charge is 0.268 e. The number of likely N-dealkylation sites (tertiary alicyclic amines) is 1. The summed E-state index contributed by atoms with van der Waals surface area (Å²) < 4.78 is 0. The van der Waals surface area contributed by atoms with Gasteiger partial charge in [0.25, 0.3) is 5.91 Å². The number of alkyl halides is 1. The number of halogens is 1. The molecule has 0 bridgehead atoms. The molecule has 0 aliphatic carbocycles. The molecule has 1 saturated heterocycles. The Morgan fingerprint density at radius 2 is 1.81 bits per heavy atom. The zero-order valence-electron chi connectivity index (χ0n) is 21.9. The predicted molar refractivity (Wildman–Crippen MR) is 141 cm³/mol. The van der Waals surface area contributed by atoms with Crippen LogP contribution < -0.4 is 10.6 Å². The summed E-state index contributed by atoms with van der Waals surface area (Å²) in [6.45, 7) is 11.8. The number of hydrogen-bond donors (Lipinski definition) is 3. The van der Waals surface area contributed by atoms with Gasteiger partial charge in [-0.3, -0.25) is 19.2 Å². The average molecular weight is 517 g/mol. The molecule has 2 aromatic rings. The number of nitrogens with zero attached hydrogens (tertiary/aromatic N) is 1. The number of rotatable bonds is 9. The van der Waals surface area contributed by atoms with Gasteiger partial charge in [-0.25, -0.2) is 0 Å². The van der Waals surface area contributed by atoms with Gasteiger partial charge in [0.05, 0.1) is 11.9 Å². The number of carbonyl (C=O) groups is 4. The first kappa shape index (κ1) is 27.7. The summed E-state index contributed by atoms with van der Waals surface area (Å²) in [7, 11) is 0. The molecule has 1 aliphatic heterocycles. The Balaban J connectivity index is 1.86. The number of nitrogens with one attached hydrogen (secondary N) is 3. The van der Waals surface area contributed by atoms with Crippen molar-refractivity contribution in [1.29, 1.82) is 0 Å². The molecule has 1 aliphatic rings. The van der Waals surface area contributed by atoms with E-state index < -0.39 is 29.4 Å². The van der Waals surface area contributed by atoms with Crippen LogP contribution in [0.25, 0.3) is 10.9 Å². The number of ketones is 1. The maximum Gasteiger partial charge on any atom is 0.268 e. The number of benzene rings is 1. The van der Waals surface area contributed by atoms with E-state index in [0.29, 0.717) is 18.7 Å². The van der Waals surface area contributed by atoms with Crippen molar-refractivity contribution in [1.82, 2.24) is 20.5 Å². The van der Waals surface area contributed by atoms with Crippen molar-refractivity contribution >= 4 is 46.0 Å². The molecule has 3 rings (SSSR count). The quantitative estimate of drug-likeness (QED) is 0.443. The Morgan fingerprint density at radius 1 is 1.14 bits per heavy atom. The van der Waals surface area contributed by atoms with Crippen LogP contribution >= 0.6 is 11.6 Å². The lowest BCUT2D eigenvalue weighted by Crippen LogP contribution is -2.58. The van der Waals surface area contributed by atoms with E-state index >= 15 is 0 Å². The summed E-state index contributed by atoms with van der Waals surface area (Å²) in [5.41, 5.74) is 0.671. The highest BCUT2D eigenvalue weighted by molar-refractivity contribution is 6.28. The first-order valence-electron chi connectivity index (χ1n) is 12.4. The summed E-state index contributed by atoms with van der Waals surface area (Å²) in [4.78, 5) is 57.0. The molecule has 0 spiro atoms. The molecular formula is C27H37ClN4O4. The molecule has 196 valence electrons. The van der Waals surface area contributed by atoms with Gasteiger partial charge in [0.2, 0.25) is 11.8 Å². The summed E-state index contributed by atoms with van der Waals surface area (Å²) in [6, 6.07) is 6.98. The normalized spacial score (nSPS) is 20.8. The van der Waals surface area contributed by atoms with Gasteiger partial charge in [0.1, 0.15) is 17.8 Å². The number of aromatic amines is 1. The van der Waals surface area contributed by atoms with Crippen molar-refractivity contribution < 1.29 is 19.2 Å². The van der Waals surface area contributed by atoms with Crippen LogP contribution in [-0.2, 0) is 14.4 Å². The Labute approximate surface area is 217 Å². The molecule has 2 heterocycles. The van der Waals surface area contributed by atoms with Gasteiger partial charge in [0, 0.05) is 17.4 Å². The first-order valence-corrected chi connectivity index (χ1v) is 13.0. The molecule has 1 fully saturated rings. The van der Waals surface area contributed by atoms with Gasteiger partial charge in [-0.15, -0.1) is 11.6 Å². The molecule has 1 aromatic carbocycles. The van der Waals surface area contributed by atoms with Crippen LogP contribution in [0.4, 0.5) is 0 Å². The molecular weight excluding hydrogens is 480 g/mol. The number of Topliss-reactive ketones (excluding diaryl/α,β-unsaturated/α-hetero) is 1. The number of carbonyl (C=O) groups excluding carboxylic acids is 4. The zero-order valence-corrected chi connectivity index (χ0v) is 22.6. The van der Waals surface area contributed by atoms with E-state index in [9.17, 15) is 19.2 Å². The van der Waals surface area contributed by atoms with Gasteiger partial charge < -0.3 is 20.5 Å². The minimum atomic E-state index is -0.804. The summed E-state index contributed by atoms with van der Waals surface area (Å²) >= 11 is 5.65. The SMILES string of the molecule is CC(C)C[C@H](NC(=O)c1cc2ccccc2[nH]1)C(=O)N1C[C@@H](C)C(C)(C)[C@H]1C(=O)NC(C)C(=O)CCl. The minimum Gasteiger partial charge on any atom is -0.351 e. The third kappa shape index (κ3) is 5.75. The topological polar surface area (TPSA) is 111 Å². The highest BCUT2D eigenvalue weighted by Gasteiger charge is 2.52. The molecule has 1 unspecified atom stereocenters. The summed E-state index contributed by atoms with van der Waals surface area (Å²) in [5.74, 6) is -1.42. The highest BCUT2D eigenvalue weighted by Crippen LogP contribution is 2.41. The van der Waals surface area contributed by atoms with Crippen molar-refractivity contribution in [2.24, 2.45) is 17.3 Å². The Morgan fingerprint density at radius 3 is 2.42 bits per heavy atom. The van der Waals surface area contributed by atoms with Gasteiger partial charge in [-0.05, 0) is 42.7 Å². The van der Waals surface area contributed by atoms with Crippen LogP contribution in [0.3, 0.4) is 0 Å². The van der Waals surface area contributed by atoms with E-state index in [-0.39, 0.29) is 35.3 Å². The molecule has 4 atom stereocenters. The van der Waals surface area contributed by atoms with Gasteiger partial charge >= 0.3 is 0 Å². The van der Waals surface area contributed by atoms with Crippen molar-refractivity contribution in [3.63, 3.8) is 0 Å². The molecule has 3 amide bonds. The largest absolute Gasteiger partial charge is 0.351 e.